The van der Waals surface area contributed by atoms with Crippen molar-refractivity contribution in [2.45, 2.75) is 18.4 Å². The summed E-state index contributed by atoms with van der Waals surface area (Å²) in [6.45, 7) is 0. The second-order valence-electron chi connectivity index (χ2n) is 4.80. The third kappa shape index (κ3) is 2.42. The Labute approximate surface area is 115 Å². The quantitative estimate of drug-likeness (QED) is 0.593. The van der Waals surface area contributed by atoms with Crippen LogP contribution in [0.3, 0.4) is 0 Å². The molecule has 20 heavy (non-hydrogen) atoms. The lowest BCUT2D eigenvalue weighted by molar-refractivity contribution is 0.578. The maximum atomic E-state index is 13.7. The van der Waals surface area contributed by atoms with Gasteiger partial charge in [-0.05, 0) is 12.0 Å². The largest absolute Gasteiger partial charge is 0.364 e. The van der Waals surface area contributed by atoms with E-state index in [1.807, 2.05) is 30.3 Å². The number of halogens is 2. The maximum absolute atomic E-state index is 13.7. The van der Waals surface area contributed by atoms with Gasteiger partial charge in [0.05, 0.1) is 0 Å². The minimum Gasteiger partial charge on any atom is -0.364 e. The zero-order chi connectivity index (χ0) is 14.1. The molecule has 6 heteroatoms. The highest BCUT2D eigenvalue weighted by Crippen LogP contribution is 2.42. The first-order chi connectivity index (χ1) is 9.69. The average Bonchev–Trinajstić information content (AvgIpc) is 3.22. The van der Waals surface area contributed by atoms with Crippen molar-refractivity contribution in [3.63, 3.8) is 0 Å². The van der Waals surface area contributed by atoms with Crippen LogP contribution in [-0.2, 0) is 0 Å². The number of nitrogens with zero attached hydrogens (tertiary/aromatic N) is 1. The highest BCUT2D eigenvalue weighted by atomic mass is 19.1. The molecule has 1 fully saturated rings. The van der Waals surface area contributed by atoms with Gasteiger partial charge in [-0.2, -0.15) is 0 Å². The number of nitrogen functional groups attached to an aromatic ring is 1. The van der Waals surface area contributed by atoms with Crippen LogP contribution >= 0.6 is 0 Å². The van der Waals surface area contributed by atoms with Gasteiger partial charge < -0.3 is 10.7 Å². The van der Waals surface area contributed by atoms with Gasteiger partial charge >= 0.3 is 0 Å². The van der Waals surface area contributed by atoms with E-state index in [-0.39, 0.29) is 17.7 Å². The van der Waals surface area contributed by atoms with Gasteiger partial charge in [0, 0.05) is 18.0 Å². The molecule has 1 aliphatic rings. The number of rotatable bonds is 4. The number of nitrogens with one attached hydrogen (secondary N) is 2. The maximum Gasteiger partial charge on any atom is 0.178 e. The molecule has 0 saturated heterocycles. The van der Waals surface area contributed by atoms with Crippen LogP contribution in [0, 0.1) is 11.6 Å². The van der Waals surface area contributed by atoms with Crippen molar-refractivity contribution in [3.05, 3.63) is 53.6 Å². The average molecular weight is 276 g/mol. The van der Waals surface area contributed by atoms with Crippen molar-refractivity contribution in [1.29, 1.82) is 0 Å². The van der Waals surface area contributed by atoms with Gasteiger partial charge in [0.1, 0.15) is 0 Å². The molecule has 1 aromatic heterocycles. The molecule has 1 aromatic carbocycles. The van der Waals surface area contributed by atoms with Crippen LogP contribution in [0.4, 0.5) is 20.4 Å². The van der Waals surface area contributed by atoms with Crippen molar-refractivity contribution >= 4 is 11.6 Å². The molecule has 4 N–H and O–H groups in total. The molecular formula is C14H14F2N4. The molecule has 1 saturated carbocycles. The lowest BCUT2D eigenvalue weighted by Gasteiger charge is -2.09. The Balaban J connectivity index is 1.74. The van der Waals surface area contributed by atoms with E-state index in [4.69, 9.17) is 5.84 Å². The Morgan fingerprint density at radius 1 is 1.10 bits per heavy atom. The number of pyridine rings is 1. The van der Waals surface area contributed by atoms with Crippen LogP contribution in [0.1, 0.15) is 17.9 Å². The molecule has 0 aliphatic heterocycles. The van der Waals surface area contributed by atoms with Crippen molar-refractivity contribution in [3.8, 4) is 0 Å². The fourth-order valence-electron chi connectivity index (χ4n) is 2.27. The molecule has 2 atom stereocenters. The van der Waals surface area contributed by atoms with Gasteiger partial charge in [-0.3, -0.25) is 0 Å². The van der Waals surface area contributed by atoms with Crippen LogP contribution < -0.4 is 16.6 Å². The van der Waals surface area contributed by atoms with Gasteiger partial charge in [0.2, 0.25) is 0 Å². The summed E-state index contributed by atoms with van der Waals surface area (Å²) in [6, 6.07) is 10.8. The molecule has 3 rings (SSSR count). The Bertz CT molecular complexity index is 618. The van der Waals surface area contributed by atoms with Crippen LogP contribution in [-0.4, -0.2) is 11.0 Å². The number of nitrogens with two attached hydrogens (primary N) is 1. The second-order valence-corrected chi connectivity index (χ2v) is 4.80. The zero-order valence-electron chi connectivity index (χ0n) is 10.6. The lowest BCUT2D eigenvalue weighted by atomic mass is 10.1. The highest BCUT2D eigenvalue weighted by Gasteiger charge is 2.39. The van der Waals surface area contributed by atoms with E-state index in [2.05, 4.69) is 15.7 Å². The topological polar surface area (TPSA) is 63.0 Å². The lowest BCUT2D eigenvalue weighted by Crippen LogP contribution is -2.14. The third-order valence-electron chi connectivity index (χ3n) is 3.41. The number of aromatic nitrogens is 1. The molecule has 104 valence electrons. The first-order valence-corrected chi connectivity index (χ1v) is 6.33. The summed E-state index contributed by atoms with van der Waals surface area (Å²) in [5.41, 5.74) is 3.31. The first-order valence-electron chi connectivity index (χ1n) is 6.33. The van der Waals surface area contributed by atoms with Gasteiger partial charge in [0.15, 0.2) is 23.3 Å². The van der Waals surface area contributed by atoms with Gasteiger partial charge in [0.25, 0.3) is 0 Å². The first kappa shape index (κ1) is 12.8. The van der Waals surface area contributed by atoms with E-state index < -0.39 is 11.6 Å². The molecule has 0 spiro atoms. The van der Waals surface area contributed by atoms with Crippen molar-refractivity contribution in [2.75, 3.05) is 10.7 Å². The fraction of sp³-hybridized carbons (Fsp3) is 0.214. The summed E-state index contributed by atoms with van der Waals surface area (Å²) in [6.07, 6.45) is 0.897. The molecule has 2 unspecified atom stereocenters. The van der Waals surface area contributed by atoms with E-state index in [0.29, 0.717) is 5.92 Å². The minimum absolute atomic E-state index is 0.0165. The van der Waals surface area contributed by atoms with Crippen molar-refractivity contribution in [2.24, 2.45) is 5.84 Å². The van der Waals surface area contributed by atoms with Crippen LogP contribution in [0.5, 0.6) is 0 Å². The second kappa shape index (κ2) is 5.05. The molecule has 0 amide bonds. The van der Waals surface area contributed by atoms with E-state index in [1.54, 1.807) is 0 Å². The summed E-state index contributed by atoms with van der Waals surface area (Å²) < 4.78 is 26.9. The number of hydrazine groups is 1. The van der Waals surface area contributed by atoms with Crippen molar-refractivity contribution < 1.29 is 8.78 Å². The Morgan fingerprint density at radius 2 is 1.80 bits per heavy atom. The number of hydrogen-bond donors (Lipinski definition) is 3. The molecule has 1 aliphatic carbocycles. The van der Waals surface area contributed by atoms with Crippen LogP contribution in [0.25, 0.3) is 0 Å². The molecule has 0 bridgehead atoms. The summed E-state index contributed by atoms with van der Waals surface area (Å²) in [4.78, 5) is 3.80. The molecule has 2 aromatic rings. The van der Waals surface area contributed by atoms with Gasteiger partial charge in [-0.25, -0.2) is 19.6 Å². The van der Waals surface area contributed by atoms with Crippen LogP contribution in [0.15, 0.2) is 36.4 Å². The smallest absolute Gasteiger partial charge is 0.178 e. The molecular weight excluding hydrogens is 262 g/mol. The standard InChI is InChI=1S/C14H14F2N4/c15-10-7-11(16)14(20-17)19-13(10)18-12-6-9(12)8-4-2-1-3-5-8/h1-5,7,9,12H,6,17H2,(H2,18,19,20). The van der Waals surface area contributed by atoms with Gasteiger partial charge in [-0.1, -0.05) is 30.3 Å². The number of anilines is 2. The predicted molar refractivity (Wildman–Crippen MR) is 73.2 cm³/mol. The number of hydrogen-bond acceptors (Lipinski definition) is 4. The van der Waals surface area contributed by atoms with Crippen LogP contribution in [0.2, 0.25) is 0 Å². The number of benzene rings is 1. The monoisotopic (exact) mass is 276 g/mol. The summed E-state index contributed by atoms with van der Waals surface area (Å²) >= 11 is 0. The third-order valence-corrected chi connectivity index (χ3v) is 3.41. The minimum atomic E-state index is -0.814. The van der Waals surface area contributed by atoms with E-state index in [0.717, 1.165) is 12.5 Å². The Hall–Kier alpha value is -2.21. The van der Waals surface area contributed by atoms with E-state index >= 15 is 0 Å². The Kier molecular flexibility index (Phi) is 3.23. The molecule has 0 radical (unpaired) electrons. The fourth-order valence-corrected chi connectivity index (χ4v) is 2.27. The zero-order valence-corrected chi connectivity index (χ0v) is 10.6. The van der Waals surface area contributed by atoms with E-state index in [9.17, 15) is 8.78 Å². The normalized spacial score (nSPS) is 20.6. The summed E-state index contributed by atoms with van der Waals surface area (Å²) in [5, 5.41) is 2.99. The summed E-state index contributed by atoms with van der Waals surface area (Å²) in [7, 11) is 0. The summed E-state index contributed by atoms with van der Waals surface area (Å²) in [5.74, 6) is 3.77. The highest BCUT2D eigenvalue weighted by molar-refractivity contribution is 5.49. The SMILES string of the molecule is NNc1nc(NC2CC2c2ccccc2)c(F)cc1F. The van der Waals surface area contributed by atoms with Gasteiger partial charge in [-0.15, -0.1) is 0 Å². The molecule has 1 heterocycles. The van der Waals surface area contributed by atoms with E-state index in [1.165, 1.54) is 5.56 Å². The predicted octanol–water partition coefficient (Wildman–Crippen LogP) is 2.61. The van der Waals surface area contributed by atoms with Crippen molar-refractivity contribution in [1.82, 2.24) is 4.98 Å². The molecule has 4 nitrogen and oxygen atoms in total. The Morgan fingerprint density at radius 3 is 2.50 bits per heavy atom.